The number of hydrogen-bond donors (Lipinski definition) is 1. The first-order valence-corrected chi connectivity index (χ1v) is 7.53. The molecule has 2 rings (SSSR count). The van der Waals surface area contributed by atoms with E-state index in [0.29, 0.717) is 0 Å². The molecule has 0 saturated carbocycles. The zero-order valence-electron chi connectivity index (χ0n) is 12.9. The summed E-state index contributed by atoms with van der Waals surface area (Å²) in [6, 6.07) is 8.43. The second-order valence-electron chi connectivity index (χ2n) is 5.36. The normalized spacial score (nSPS) is 11.6. The third-order valence-corrected chi connectivity index (χ3v) is 3.56. The second-order valence-corrected chi connectivity index (χ2v) is 5.36. The molecule has 0 aliphatic carbocycles. The minimum atomic E-state index is 0.915. The van der Waals surface area contributed by atoms with E-state index in [1.165, 1.54) is 17.8 Å². The van der Waals surface area contributed by atoms with Crippen molar-refractivity contribution >= 4 is 11.0 Å². The van der Waals surface area contributed by atoms with Crippen LogP contribution in [-0.4, -0.2) is 41.6 Å². The van der Waals surface area contributed by atoms with Crippen LogP contribution in [0, 0.1) is 0 Å². The molecule has 20 heavy (non-hydrogen) atoms. The number of nitrogens with zero attached hydrogens (tertiary/aromatic N) is 3. The van der Waals surface area contributed by atoms with Gasteiger partial charge < -0.3 is 9.88 Å². The molecule has 0 bridgehead atoms. The molecule has 0 atom stereocenters. The lowest BCUT2D eigenvalue weighted by molar-refractivity contribution is 0.308. The van der Waals surface area contributed by atoms with Gasteiger partial charge in [0.15, 0.2) is 0 Å². The molecule has 1 aromatic carbocycles. The Hall–Kier alpha value is -1.39. The number of aryl methyl sites for hydroxylation is 1. The number of nitrogens with one attached hydrogen (secondary N) is 1. The minimum absolute atomic E-state index is 0.915. The monoisotopic (exact) mass is 274 g/mol. The highest BCUT2D eigenvalue weighted by Crippen LogP contribution is 2.17. The fourth-order valence-corrected chi connectivity index (χ4v) is 2.57. The molecule has 1 N–H and O–H groups in total. The number of imidazole rings is 1. The molecular formula is C16H26N4. The maximum Gasteiger partial charge on any atom is 0.124 e. The Morgan fingerprint density at radius 1 is 1.30 bits per heavy atom. The van der Waals surface area contributed by atoms with Gasteiger partial charge in [0.1, 0.15) is 5.82 Å². The second kappa shape index (κ2) is 7.41. The van der Waals surface area contributed by atoms with Gasteiger partial charge >= 0.3 is 0 Å². The maximum absolute atomic E-state index is 4.81. The molecule has 0 saturated heterocycles. The number of hydrogen-bond acceptors (Lipinski definition) is 3. The molecule has 4 heteroatoms. The lowest BCUT2D eigenvalue weighted by Gasteiger charge is -2.17. The summed E-state index contributed by atoms with van der Waals surface area (Å²) in [6.07, 6.45) is 2.30. The van der Waals surface area contributed by atoms with Gasteiger partial charge in [-0.15, -0.1) is 0 Å². The average molecular weight is 274 g/mol. The Kier molecular flexibility index (Phi) is 5.56. The van der Waals surface area contributed by atoms with Crippen LogP contribution in [0.4, 0.5) is 0 Å². The SMILES string of the molecule is CCCn1c(CN(C)CCCNC)nc2ccccc21. The van der Waals surface area contributed by atoms with Crippen LogP contribution in [0.3, 0.4) is 0 Å². The minimum Gasteiger partial charge on any atom is -0.327 e. The summed E-state index contributed by atoms with van der Waals surface area (Å²) in [7, 11) is 4.17. The highest BCUT2D eigenvalue weighted by atomic mass is 15.2. The first-order chi connectivity index (χ1) is 9.76. The van der Waals surface area contributed by atoms with Crippen LogP contribution >= 0.6 is 0 Å². The van der Waals surface area contributed by atoms with Crippen LogP contribution in [-0.2, 0) is 13.1 Å². The number of rotatable bonds is 8. The van der Waals surface area contributed by atoms with E-state index in [-0.39, 0.29) is 0 Å². The van der Waals surface area contributed by atoms with Crippen molar-refractivity contribution < 1.29 is 0 Å². The number of fused-ring (bicyclic) bond motifs is 1. The Balaban J connectivity index is 2.13. The topological polar surface area (TPSA) is 33.1 Å². The van der Waals surface area contributed by atoms with Crippen molar-refractivity contribution in [1.29, 1.82) is 0 Å². The smallest absolute Gasteiger partial charge is 0.124 e. The molecule has 0 fully saturated rings. The Bertz CT molecular complexity index is 532. The average Bonchev–Trinajstić information content (AvgIpc) is 2.78. The number of aromatic nitrogens is 2. The molecular weight excluding hydrogens is 248 g/mol. The standard InChI is InChI=1S/C16H26N4/c1-4-11-20-15-9-6-5-8-14(15)18-16(20)13-19(3)12-7-10-17-2/h5-6,8-9,17H,4,7,10-13H2,1-3H3. The van der Waals surface area contributed by atoms with Gasteiger partial charge in [-0.25, -0.2) is 4.98 Å². The molecule has 0 radical (unpaired) electrons. The van der Waals surface area contributed by atoms with Crippen molar-refractivity contribution in [2.24, 2.45) is 0 Å². The zero-order valence-corrected chi connectivity index (χ0v) is 12.9. The van der Waals surface area contributed by atoms with Gasteiger partial charge in [0.05, 0.1) is 17.6 Å². The summed E-state index contributed by atoms with van der Waals surface area (Å²) in [4.78, 5) is 7.16. The van der Waals surface area contributed by atoms with Gasteiger partial charge in [0.25, 0.3) is 0 Å². The predicted octanol–water partition coefficient (Wildman–Crippen LogP) is 2.49. The molecule has 1 heterocycles. The molecule has 2 aromatic rings. The maximum atomic E-state index is 4.81. The van der Waals surface area contributed by atoms with Crippen LogP contribution in [0.15, 0.2) is 24.3 Å². The van der Waals surface area contributed by atoms with E-state index in [1.807, 2.05) is 7.05 Å². The fraction of sp³-hybridized carbons (Fsp3) is 0.562. The first kappa shape index (κ1) is 15.0. The number of para-hydroxylation sites is 2. The largest absolute Gasteiger partial charge is 0.327 e. The first-order valence-electron chi connectivity index (χ1n) is 7.53. The molecule has 4 nitrogen and oxygen atoms in total. The molecule has 0 amide bonds. The van der Waals surface area contributed by atoms with Crippen molar-refractivity contribution in [3.63, 3.8) is 0 Å². The summed E-state index contributed by atoms with van der Waals surface area (Å²) in [5.41, 5.74) is 2.37. The summed E-state index contributed by atoms with van der Waals surface area (Å²) < 4.78 is 2.36. The lowest BCUT2D eigenvalue weighted by atomic mass is 10.3. The molecule has 1 aromatic heterocycles. The summed E-state index contributed by atoms with van der Waals surface area (Å²) in [5.74, 6) is 1.18. The third-order valence-electron chi connectivity index (χ3n) is 3.56. The number of benzene rings is 1. The summed E-state index contributed by atoms with van der Waals surface area (Å²) in [5, 5.41) is 3.19. The van der Waals surface area contributed by atoms with Gasteiger partial charge in [0.2, 0.25) is 0 Å². The highest BCUT2D eigenvalue weighted by Gasteiger charge is 2.11. The Morgan fingerprint density at radius 3 is 2.85 bits per heavy atom. The Morgan fingerprint density at radius 2 is 2.10 bits per heavy atom. The van der Waals surface area contributed by atoms with E-state index < -0.39 is 0 Å². The van der Waals surface area contributed by atoms with Gasteiger partial charge in [-0.1, -0.05) is 19.1 Å². The Labute approximate surface area is 121 Å². The van der Waals surface area contributed by atoms with E-state index in [2.05, 4.69) is 53.0 Å². The van der Waals surface area contributed by atoms with Crippen LogP contribution in [0.25, 0.3) is 11.0 Å². The van der Waals surface area contributed by atoms with E-state index >= 15 is 0 Å². The van der Waals surface area contributed by atoms with Crippen molar-refractivity contribution in [2.45, 2.75) is 32.9 Å². The summed E-state index contributed by atoms with van der Waals surface area (Å²) >= 11 is 0. The van der Waals surface area contributed by atoms with Crippen molar-refractivity contribution in [2.75, 3.05) is 27.2 Å². The molecule has 0 unspecified atom stereocenters. The molecule has 110 valence electrons. The van der Waals surface area contributed by atoms with Gasteiger partial charge in [-0.2, -0.15) is 0 Å². The predicted molar refractivity (Wildman–Crippen MR) is 84.9 cm³/mol. The van der Waals surface area contributed by atoms with E-state index in [0.717, 1.165) is 38.1 Å². The molecule has 0 aliphatic rings. The van der Waals surface area contributed by atoms with Crippen molar-refractivity contribution in [3.8, 4) is 0 Å². The van der Waals surface area contributed by atoms with E-state index in [1.54, 1.807) is 0 Å². The van der Waals surface area contributed by atoms with Crippen LogP contribution < -0.4 is 5.32 Å². The van der Waals surface area contributed by atoms with Crippen molar-refractivity contribution in [3.05, 3.63) is 30.1 Å². The van der Waals surface area contributed by atoms with E-state index in [9.17, 15) is 0 Å². The highest BCUT2D eigenvalue weighted by molar-refractivity contribution is 5.75. The van der Waals surface area contributed by atoms with Crippen LogP contribution in [0.1, 0.15) is 25.6 Å². The van der Waals surface area contributed by atoms with Crippen LogP contribution in [0.5, 0.6) is 0 Å². The quantitative estimate of drug-likeness (QED) is 0.751. The van der Waals surface area contributed by atoms with E-state index in [4.69, 9.17) is 4.98 Å². The van der Waals surface area contributed by atoms with Gasteiger partial charge in [0, 0.05) is 6.54 Å². The van der Waals surface area contributed by atoms with Gasteiger partial charge in [-0.3, -0.25) is 4.90 Å². The zero-order chi connectivity index (χ0) is 14.4. The summed E-state index contributed by atoms with van der Waals surface area (Å²) in [6.45, 7) is 6.33. The van der Waals surface area contributed by atoms with Crippen molar-refractivity contribution in [1.82, 2.24) is 19.8 Å². The van der Waals surface area contributed by atoms with Gasteiger partial charge in [-0.05, 0) is 52.2 Å². The lowest BCUT2D eigenvalue weighted by Crippen LogP contribution is -2.24. The fourth-order valence-electron chi connectivity index (χ4n) is 2.57. The molecule has 0 aliphatic heterocycles. The third kappa shape index (κ3) is 3.58. The molecule has 0 spiro atoms. The van der Waals surface area contributed by atoms with Crippen LogP contribution in [0.2, 0.25) is 0 Å².